The van der Waals surface area contributed by atoms with Crippen molar-refractivity contribution < 1.29 is 35.1 Å². The quantitative estimate of drug-likeness (QED) is 0.0865. The fourth-order valence-electron chi connectivity index (χ4n) is 23.2. The minimum Gasteiger partial charge on any atom is -0.301 e. The van der Waals surface area contributed by atoms with E-state index in [0.717, 1.165) is 188 Å². The molecule has 12 nitrogen and oxygen atoms in total. The maximum atomic E-state index is 14.5. The van der Waals surface area contributed by atoms with E-state index >= 15 is 0 Å². The van der Waals surface area contributed by atoms with Crippen LogP contribution in [0, 0.1) is 71.0 Å². The van der Waals surface area contributed by atoms with Crippen molar-refractivity contribution >= 4 is 0 Å². The molecular weight excluding hydrogens is 1500 g/mol. The monoisotopic (exact) mass is 1690 g/mol. The standard InChI is InChI=1S/2C17H32F2N2.2C16H30F2N2.2C16H32N2/c2*1-13(2)11-15-5-8-20(9-6-15)16-7-10-21(14(3)4)12-17(16,18)19;2*1-12(2)9-14-10-20(11-16(14,17)18)15-5-7-19(8-6-15)13(3)4;2*1-13(2)11-15-5-8-18(12-15)16-6-9-17(10-7-16)14(3)4/h2*13-16H,5-12H2,1-4H3;2*12-15H,5-11H2,1-4H3;2*13-16H,5-12H2,1-4H3. The Morgan fingerprint density at radius 2 is 0.415 bits per heavy atom. The third kappa shape index (κ3) is 33.5. The van der Waals surface area contributed by atoms with Crippen molar-refractivity contribution in [2.45, 2.75) is 404 Å². The molecule has 12 fully saturated rings. The molecule has 12 aliphatic heterocycles. The molecule has 0 spiro atoms. The van der Waals surface area contributed by atoms with Crippen LogP contribution in [-0.2, 0) is 0 Å². The molecular formula is C98H188F8N12. The molecule has 0 saturated carbocycles. The predicted octanol–water partition coefficient (Wildman–Crippen LogP) is 21.1. The van der Waals surface area contributed by atoms with Crippen molar-refractivity contribution in [3.8, 4) is 0 Å². The highest BCUT2D eigenvalue weighted by molar-refractivity contribution is 5.00. The van der Waals surface area contributed by atoms with Crippen molar-refractivity contribution in [1.29, 1.82) is 0 Å². The van der Waals surface area contributed by atoms with Crippen molar-refractivity contribution in [3.63, 3.8) is 0 Å². The second-order valence-corrected chi connectivity index (χ2v) is 44.5. The molecule has 6 unspecified atom stereocenters. The van der Waals surface area contributed by atoms with Gasteiger partial charge in [0.05, 0.1) is 38.3 Å². The van der Waals surface area contributed by atoms with Crippen molar-refractivity contribution in [2.24, 2.45) is 71.0 Å². The van der Waals surface area contributed by atoms with Gasteiger partial charge in [-0.15, -0.1) is 0 Å². The van der Waals surface area contributed by atoms with Gasteiger partial charge in [-0.1, -0.05) is 83.1 Å². The molecule has 0 aromatic heterocycles. The van der Waals surface area contributed by atoms with Crippen LogP contribution in [-0.4, -0.2) is 312 Å². The number of rotatable bonds is 24. The van der Waals surface area contributed by atoms with Crippen LogP contribution in [0.2, 0.25) is 0 Å². The zero-order chi connectivity index (χ0) is 87.3. The Bertz CT molecular complexity index is 2490. The third-order valence-electron chi connectivity index (χ3n) is 30.1. The number of halogens is 8. The molecule has 12 aliphatic rings. The Labute approximate surface area is 722 Å². The number of alkyl halides is 8. The van der Waals surface area contributed by atoms with Gasteiger partial charge in [-0.3, -0.25) is 29.4 Å². The second kappa shape index (κ2) is 48.9. The maximum absolute atomic E-state index is 14.5. The number of likely N-dealkylation sites (tertiary alicyclic amines) is 12. The van der Waals surface area contributed by atoms with Gasteiger partial charge in [0.2, 0.25) is 0 Å². The normalized spacial score (nSPS) is 29.3. The molecule has 12 saturated heterocycles. The summed E-state index contributed by atoms with van der Waals surface area (Å²) in [4.78, 5) is 27.9. The van der Waals surface area contributed by atoms with Gasteiger partial charge in [-0.05, 0) is 375 Å². The summed E-state index contributed by atoms with van der Waals surface area (Å²) in [5.74, 6) is -3.64. The van der Waals surface area contributed by atoms with Gasteiger partial charge in [0.25, 0.3) is 23.7 Å². The summed E-state index contributed by atoms with van der Waals surface area (Å²) < 4.78 is 114. The van der Waals surface area contributed by atoms with E-state index in [9.17, 15) is 35.1 Å². The molecule has 6 atom stereocenters. The van der Waals surface area contributed by atoms with Crippen LogP contribution in [0.15, 0.2) is 0 Å². The smallest absolute Gasteiger partial charge is 0.275 e. The van der Waals surface area contributed by atoms with Crippen LogP contribution in [0.4, 0.5) is 35.1 Å². The molecule has 0 aliphatic carbocycles. The van der Waals surface area contributed by atoms with E-state index in [1.165, 1.54) is 117 Å². The second-order valence-electron chi connectivity index (χ2n) is 44.5. The van der Waals surface area contributed by atoms with Crippen LogP contribution in [0.5, 0.6) is 0 Å². The van der Waals surface area contributed by atoms with Crippen molar-refractivity contribution in [2.75, 3.05) is 157 Å². The van der Waals surface area contributed by atoms with Gasteiger partial charge < -0.3 is 29.4 Å². The molecule has 12 heterocycles. The molecule has 0 N–H and O–H groups in total. The van der Waals surface area contributed by atoms with Gasteiger partial charge in [-0.25, -0.2) is 35.1 Å². The fourth-order valence-corrected chi connectivity index (χ4v) is 23.2. The van der Waals surface area contributed by atoms with E-state index < -0.39 is 47.6 Å². The average Bonchev–Trinajstić information content (AvgIpc) is 1.71. The SMILES string of the molecule is CC(C)CC1CCN(C2CCN(C(C)C)CC2(F)F)CC1.CC(C)CC1CCN(C2CCN(C(C)C)CC2(F)F)CC1.CC(C)CC1CCN(C2CCN(C(C)C)CC2)C1.CC(C)CC1CCN(C2CCN(C(C)C)CC2)C1.CC(C)CC1CN(C2CCN(C(C)C)CC2)CC1(F)F.CC(C)CC1CN(C2CCN(C(C)C)CC2)CC1(F)F. The summed E-state index contributed by atoms with van der Waals surface area (Å²) in [6.45, 7) is 73.9. The number of hydrogen-bond donors (Lipinski definition) is 0. The molecule has 0 radical (unpaired) electrons. The fraction of sp³-hybridized carbons (Fsp3) is 1.00. The highest BCUT2D eigenvalue weighted by atomic mass is 19.3. The van der Waals surface area contributed by atoms with E-state index in [4.69, 9.17) is 0 Å². The Hall–Kier alpha value is -1.04. The van der Waals surface area contributed by atoms with E-state index in [1.807, 2.05) is 65.2 Å². The van der Waals surface area contributed by atoms with E-state index in [1.54, 1.807) is 0 Å². The van der Waals surface area contributed by atoms with Crippen molar-refractivity contribution in [3.05, 3.63) is 0 Å². The first kappa shape index (κ1) is 104. The summed E-state index contributed by atoms with van der Waals surface area (Å²) in [5, 5.41) is 0. The summed E-state index contributed by atoms with van der Waals surface area (Å²) in [6.07, 6.45) is 24.9. The largest absolute Gasteiger partial charge is 0.301 e. The molecule has 0 bridgehead atoms. The van der Waals surface area contributed by atoms with E-state index in [0.29, 0.717) is 74.8 Å². The van der Waals surface area contributed by atoms with E-state index in [-0.39, 0.29) is 38.3 Å². The van der Waals surface area contributed by atoms with Crippen LogP contribution >= 0.6 is 0 Å². The zero-order valence-corrected chi connectivity index (χ0v) is 80.8. The van der Waals surface area contributed by atoms with Crippen LogP contribution in [0.1, 0.15) is 307 Å². The molecule has 0 amide bonds. The lowest BCUT2D eigenvalue weighted by molar-refractivity contribution is -0.137. The first-order chi connectivity index (χ1) is 55.3. The minimum absolute atomic E-state index is 0.0171. The van der Waals surface area contributed by atoms with Crippen LogP contribution in [0.25, 0.3) is 0 Å². The van der Waals surface area contributed by atoms with Crippen LogP contribution in [0.3, 0.4) is 0 Å². The van der Waals surface area contributed by atoms with Gasteiger partial charge in [0.15, 0.2) is 0 Å². The molecule has 0 aromatic rings. The minimum atomic E-state index is -2.56. The van der Waals surface area contributed by atoms with E-state index in [2.05, 4.69) is 160 Å². The molecule has 12 rings (SSSR count). The van der Waals surface area contributed by atoms with Gasteiger partial charge in [0, 0.05) is 112 Å². The Morgan fingerprint density at radius 1 is 0.203 bits per heavy atom. The average molecular weight is 1690 g/mol. The Morgan fingerprint density at radius 3 is 0.644 bits per heavy atom. The lowest BCUT2D eigenvalue weighted by atomic mass is 9.87. The van der Waals surface area contributed by atoms with Crippen molar-refractivity contribution in [1.82, 2.24) is 58.8 Å². The lowest BCUT2D eigenvalue weighted by Crippen LogP contribution is -2.60. The van der Waals surface area contributed by atoms with Gasteiger partial charge >= 0.3 is 0 Å². The molecule has 0 aromatic carbocycles. The third-order valence-corrected chi connectivity index (χ3v) is 30.1. The summed E-state index contributed by atoms with van der Waals surface area (Å²) >= 11 is 0. The summed E-state index contributed by atoms with van der Waals surface area (Å²) in [5.41, 5.74) is 0. The maximum Gasteiger partial charge on any atom is 0.275 e. The topological polar surface area (TPSA) is 38.9 Å². The molecule has 696 valence electrons. The Kier molecular flexibility index (Phi) is 43.1. The van der Waals surface area contributed by atoms with Gasteiger partial charge in [0.1, 0.15) is 0 Å². The highest BCUT2D eigenvalue weighted by Gasteiger charge is 2.53. The molecule has 20 heteroatoms. The predicted molar refractivity (Wildman–Crippen MR) is 484 cm³/mol. The highest BCUT2D eigenvalue weighted by Crippen LogP contribution is 2.43. The van der Waals surface area contributed by atoms with Crippen LogP contribution < -0.4 is 0 Å². The first-order valence-corrected chi connectivity index (χ1v) is 49.7. The number of piperidine rings is 8. The first-order valence-electron chi connectivity index (χ1n) is 49.7. The Balaban J connectivity index is 0.000000196. The number of hydrogen-bond acceptors (Lipinski definition) is 12. The molecule has 118 heavy (non-hydrogen) atoms. The number of nitrogens with zero attached hydrogens (tertiary/aromatic N) is 12. The summed E-state index contributed by atoms with van der Waals surface area (Å²) in [7, 11) is 0. The zero-order valence-electron chi connectivity index (χ0n) is 80.8. The lowest BCUT2D eigenvalue weighted by Gasteiger charge is -2.46. The van der Waals surface area contributed by atoms with Gasteiger partial charge in [-0.2, -0.15) is 0 Å². The summed E-state index contributed by atoms with van der Waals surface area (Å²) in [6, 6.07) is 4.49.